The fourth-order valence-electron chi connectivity index (χ4n) is 1.41. The number of hydrogen-bond acceptors (Lipinski definition) is 3. The van der Waals surface area contributed by atoms with Crippen LogP contribution in [0.4, 0.5) is 0 Å². The number of carbonyl (C=O) groups is 1. The number of esters is 1. The van der Waals surface area contributed by atoms with Crippen LogP contribution in [-0.4, -0.2) is 12.6 Å². The quantitative estimate of drug-likeness (QED) is 0.633. The maximum atomic E-state index is 11.4. The molecular formula is C12H11BrClNO2. The molecule has 0 spiro atoms. The minimum atomic E-state index is -0.320. The Morgan fingerprint density at radius 2 is 2.29 bits per heavy atom. The standard InChI is InChI=1S/C12H11BrClNO2/c1-2-17-11(16)5-8-3-4-9(7-15)10(6-13)12(8)14/h3-4H,2,5-6H2,1H3. The Bertz CT molecular complexity index is 468. The van der Waals surface area contributed by atoms with Crippen molar-refractivity contribution in [1.82, 2.24) is 0 Å². The molecule has 17 heavy (non-hydrogen) atoms. The van der Waals surface area contributed by atoms with Crippen LogP contribution in [0.5, 0.6) is 0 Å². The SMILES string of the molecule is CCOC(=O)Cc1ccc(C#N)c(CBr)c1Cl. The van der Waals surface area contributed by atoms with Gasteiger partial charge < -0.3 is 4.74 Å². The van der Waals surface area contributed by atoms with Crippen molar-refractivity contribution in [1.29, 1.82) is 5.26 Å². The zero-order chi connectivity index (χ0) is 12.8. The van der Waals surface area contributed by atoms with Gasteiger partial charge in [0.2, 0.25) is 0 Å². The smallest absolute Gasteiger partial charge is 0.310 e. The van der Waals surface area contributed by atoms with E-state index in [1.54, 1.807) is 19.1 Å². The van der Waals surface area contributed by atoms with Gasteiger partial charge in [-0.2, -0.15) is 5.26 Å². The Hall–Kier alpha value is -1.05. The van der Waals surface area contributed by atoms with Crippen molar-refractivity contribution < 1.29 is 9.53 Å². The van der Waals surface area contributed by atoms with Gasteiger partial charge in [-0.15, -0.1) is 0 Å². The van der Waals surface area contributed by atoms with E-state index in [1.807, 2.05) is 0 Å². The lowest BCUT2D eigenvalue weighted by Crippen LogP contribution is -2.08. The van der Waals surface area contributed by atoms with Crippen molar-refractivity contribution in [3.05, 3.63) is 33.8 Å². The van der Waals surface area contributed by atoms with Crippen LogP contribution >= 0.6 is 27.5 Å². The molecule has 1 aromatic carbocycles. The molecule has 0 N–H and O–H groups in total. The van der Waals surface area contributed by atoms with Gasteiger partial charge in [0.15, 0.2) is 0 Å². The third kappa shape index (κ3) is 3.45. The maximum absolute atomic E-state index is 11.4. The van der Waals surface area contributed by atoms with E-state index < -0.39 is 0 Å². The summed E-state index contributed by atoms with van der Waals surface area (Å²) in [6, 6.07) is 5.41. The highest BCUT2D eigenvalue weighted by Crippen LogP contribution is 2.27. The molecule has 0 atom stereocenters. The van der Waals surface area contributed by atoms with E-state index in [0.29, 0.717) is 33.6 Å². The summed E-state index contributed by atoms with van der Waals surface area (Å²) in [7, 11) is 0. The van der Waals surface area contributed by atoms with Gasteiger partial charge >= 0.3 is 5.97 Å². The van der Waals surface area contributed by atoms with Gasteiger partial charge in [0.1, 0.15) is 0 Å². The zero-order valence-electron chi connectivity index (χ0n) is 9.30. The summed E-state index contributed by atoms with van der Waals surface area (Å²) in [4.78, 5) is 11.4. The summed E-state index contributed by atoms with van der Waals surface area (Å²) in [5.74, 6) is -0.320. The summed E-state index contributed by atoms with van der Waals surface area (Å²) in [5.41, 5.74) is 1.90. The van der Waals surface area contributed by atoms with Crippen molar-refractivity contribution >= 4 is 33.5 Å². The number of nitriles is 1. The van der Waals surface area contributed by atoms with Gasteiger partial charge in [-0.3, -0.25) is 4.79 Å². The third-order valence-electron chi connectivity index (χ3n) is 2.22. The molecule has 5 heteroatoms. The lowest BCUT2D eigenvalue weighted by molar-refractivity contribution is -0.142. The first-order chi connectivity index (χ1) is 8.13. The van der Waals surface area contributed by atoms with Gasteiger partial charge in [-0.25, -0.2) is 0 Å². The first-order valence-corrected chi connectivity index (χ1v) is 6.55. The normalized spacial score (nSPS) is 9.76. The monoisotopic (exact) mass is 315 g/mol. The van der Waals surface area contributed by atoms with E-state index >= 15 is 0 Å². The molecular weight excluding hydrogens is 305 g/mol. The van der Waals surface area contributed by atoms with Gasteiger partial charge in [0.05, 0.1) is 24.7 Å². The Kier molecular flexibility index (Phi) is 5.46. The second-order valence-electron chi connectivity index (χ2n) is 3.29. The van der Waals surface area contributed by atoms with Crippen LogP contribution in [-0.2, 0) is 21.3 Å². The summed E-state index contributed by atoms with van der Waals surface area (Å²) in [6.07, 6.45) is 0.123. The molecule has 0 aliphatic rings. The Balaban J connectivity index is 3.03. The molecule has 90 valence electrons. The van der Waals surface area contributed by atoms with Crippen LogP contribution in [0.3, 0.4) is 0 Å². The average Bonchev–Trinajstić information content (AvgIpc) is 2.31. The molecule has 0 radical (unpaired) electrons. The van der Waals surface area contributed by atoms with E-state index in [2.05, 4.69) is 22.0 Å². The van der Waals surface area contributed by atoms with Crippen LogP contribution in [0, 0.1) is 11.3 Å². The second kappa shape index (κ2) is 6.63. The highest BCUT2D eigenvalue weighted by molar-refractivity contribution is 9.08. The van der Waals surface area contributed by atoms with Gasteiger partial charge in [0.25, 0.3) is 0 Å². The highest BCUT2D eigenvalue weighted by Gasteiger charge is 2.13. The van der Waals surface area contributed by atoms with Crippen LogP contribution in [0.15, 0.2) is 12.1 Å². The Labute approximate surface area is 113 Å². The fraction of sp³-hybridized carbons (Fsp3) is 0.333. The van der Waals surface area contributed by atoms with Crippen molar-refractivity contribution in [2.24, 2.45) is 0 Å². The van der Waals surface area contributed by atoms with Crippen molar-refractivity contribution in [2.75, 3.05) is 6.61 Å². The molecule has 1 rings (SSSR count). The third-order valence-corrected chi connectivity index (χ3v) is 3.25. The summed E-state index contributed by atoms with van der Waals surface area (Å²) in [6.45, 7) is 2.10. The van der Waals surface area contributed by atoms with Crippen LogP contribution in [0.2, 0.25) is 5.02 Å². The van der Waals surface area contributed by atoms with Crippen molar-refractivity contribution in [3.63, 3.8) is 0 Å². The number of alkyl halides is 1. The molecule has 0 unspecified atom stereocenters. The Morgan fingerprint density at radius 1 is 1.59 bits per heavy atom. The number of nitrogens with zero attached hydrogens (tertiary/aromatic N) is 1. The molecule has 0 fully saturated rings. The summed E-state index contributed by atoms with van der Waals surface area (Å²) in [5, 5.41) is 9.84. The lowest BCUT2D eigenvalue weighted by atomic mass is 10.0. The van der Waals surface area contributed by atoms with Crippen LogP contribution in [0.25, 0.3) is 0 Å². The molecule has 0 aromatic heterocycles. The van der Waals surface area contributed by atoms with E-state index in [4.69, 9.17) is 21.6 Å². The van der Waals surface area contributed by atoms with E-state index in [9.17, 15) is 4.79 Å². The second-order valence-corrected chi connectivity index (χ2v) is 4.23. The lowest BCUT2D eigenvalue weighted by Gasteiger charge is -2.09. The van der Waals surface area contributed by atoms with Crippen LogP contribution < -0.4 is 0 Å². The molecule has 0 aliphatic heterocycles. The summed E-state index contributed by atoms with van der Waals surface area (Å²) < 4.78 is 4.86. The number of halogens is 2. The van der Waals surface area contributed by atoms with E-state index in [0.717, 1.165) is 0 Å². The van der Waals surface area contributed by atoms with E-state index in [-0.39, 0.29) is 12.4 Å². The zero-order valence-corrected chi connectivity index (χ0v) is 11.6. The molecule has 0 amide bonds. The van der Waals surface area contributed by atoms with Crippen LogP contribution in [0.1, 0.15) is 23.6 Å². The number of ether oxygens (including phenoxy) is 1. The fourth-order valence-corrected chi connectivity index (χ4v) is 2.45. The highest BCUT2D eigenvalue weighted by atomic mass is 79.9. The van der Waals surface area contributed by atoms with Crippen molar-refractivity contribution in [2.45, 2.75) is 18.7 Å². The molecule has 0 bridgehead atoms. The minimum absolute atomic E-state index is 0.123. The summed E-state index contributed by atoms with van der Waals surface area (Å²) >= 11 is 9.43. The average molecular weight is 317 g/mol. The minimum Gasteiger partial charge on any atom is -0.466 e. The van der Waals surface area contributed by atoms with Crippen molar-refractivity contribution in [3.8, 4) is 6.07 Å². The largest absolute Gasteiger partial charge is 0.466 e. The predicted molar refractivity (Wildman–Crippen MR) is 69.1 cm³/mol. The molecule has 0 aliphatic carbocycles. The molecule has 1 aromatic rings. The molecule has 0 saturated heterocycles. The van der Waals surface area contributed by atoms with E-state index in [1.165, 1.54) is 0 Å². The number of carbonyl (C=O) groups excluding carboxylic acids is 1. The predicted octanol–water partition coefficient (Wildman–Crippen LogP) is 3.21. The van der Waals surface area contributed by atoms with Gasteiger partial charge in [-0.1, -0.05) is 33.6 Å². The van der Waals surface area contributed by atoms with Gasteiger partial charge in [-0.05, 0) is 24.1 Å². The first-order valence-electron chi connectivity index (χ1n) is 5.06. The first kappa shape index (κ1) is 14.0. The van der Waals surface area contributed by atoms with Gasteiger partial charge in [0, 0.05) is 10.4 Å². The Morgan fingerprint density at radius 3 is 2.82 bits per heavy atom. The number of hydrogen-bond donors (Lipinski definition) is 0. The molecule has 0 heterocycles. The maximum Gasteiger partial charge on any atom is 0.310 e. The molecule has 3 nitrogen and oxygen atoms in total. The number of benzene rings is 1. The number of rotatable bonds is 4. The topological polar surface area (TPSA) is 50.1 Å². The molecule has 0 saturated carbocycles.